The monoisotopic (exact) mass is 262 g/mol. The van der Waals surface area contributed by atoms with Gasteiger partial charge in [0.1, 0.15) is 0 Å². The van der Waals surface area contributed by atoms with E-state index in [2.05, 4.69) is 12.2 Å². The molecule has 0 unspecified atom stereocenters. The second-order valence-corrected chi connectivity index (χ2v) is 4.68. The number of carbonyl (C=O) groups excluding carboxylic acids is 2. The number of nitrogens with one attached hydrogen (secondary N) is 1. The van der Waals surface area contributed by atoms with Crippen molar-refractivity contribution in [3.8, 4) is 0 Å². The molecule has 19 heavy (non-hydrogen) atoms. The van der Waals surface area contributed by atoms with Crippen LogP contribution < -0.4 is 11.1 Å². The fraction of sp³-hybridized carbons (Fsp3) is 0.467. The van der Waals surface area contributed by atoms with Crippen molar-refractivity contribution in [2.24, 2.45) is 5.73 Å². The number of amides is 1. The molecule has 1 aromatic rings. The van der Waals surface area contributed by atoms with Gasteiger partial charge in [-0.1, -0.05) is 31.2 Å². The SMILES string of the molecule is CCc1ccc(C(=O)CCC(=O)N[C@@H](C)CN)cc1. The number of aryl methyl sites for hydroxylation is 1. The van der Waals surface area contributed by atoms with E-state index in [9.17, 15) is 9.59 Å². The van der Waals surface area contributed by atoms with Gasteiger partial charge in [0.05, 0.1) is 0 Å². The smallest absolute Gasteiger partial charge is 0.220 e. The molecule has 0 aliphatic heterocycles. The summed E-state index contributed by atoms with van der Waals surface area (Å²) in [6, 6.07) is 7.49. The van der Waals surface area contributed by atoms with Crippen molar-refractivity contribution in [1.29, 1.82) is 0 Å². The summed E-state index contributed by atoms with van der Waals surface area (Å²) < 4.78 is 0. The van der Waals surface area contributed by atoms with E-state index < -0.39 is 0 Å². The van der Waals surface area contributed by atoms with E-state index in [-0.39, 0.29) is 30.6 Å². The van der Waals surface area contributed by atoms with E-state index in [1.165, 1.54) is 5.56 Å². The Morgan fingerprint density at radius 2 is 1.84 bits per heavy atom. The molecule has 0 aliphatic carbocycles. The lowest BCUT2D eigenvalue weighted by atomic mass is 10.0. The Bertz CT molecular complexity index is 426. The number of nitrogens with two attached hydrogens (primary N) is 1. The predicted molar refractivity (Wildman–Crippen MR) is 76.0 cm³/mol. The van der Waals surface area contributed by atoms with Crippen LogP contribution in [0.2, 0.25) is 0 Å². The first kappa shape index (κ1) is 15.4. The Morgan fingerprint density at radius 1 is 1.21 bits per heavy atom. The zero-order chi connectivity index (χ0) is 14.3. The second kappa shape index (κ2) is 7.69. The summed E-state index contributed by atoms with van der Waals surface area (Å²) >= 11 is 0. The maximum atomic E-state index is 11.9. The van der Waals surface area contributed by atoms with Crippen LogP contribution in [0.25, 0.3) is 0 Å². The molecule has 4 nitrogen and oxygen atoms in total. The molecule has 0 fully saturated rings. The lowest BCUT2D eigenvalue weighted by molar-refractivity contribution is -0.121. The molecule has 1 aromatic carbocycles. The van der Waals surface area contributed by atoms with Crippen LogP contribution in [0.4, 0.5) is 0 Å². The summed E-state index contributed by atoms with van der Waals surface area (Å²) in [5, 5.41) is 2.74. The van der Waals surface area contributed by atoms with Gasteiger partial charge in [-0.15, -0.1) is 0 Å². The van der Waals surface area contributed by atoms with E-state index >= 15 is 0 Å². The van der Waals surface area contributed by atoms with Gasteiger partial charge in [0, 0.05) is 31.0 Å². The summed E-state index contributed by atoms with van der Waals surface area (Å²) in [6.45, 7) is 4.31. The summed E-state index contributed by atoms with van der Waals surface area (Å²) in [6.07, 6.45) is 1.39. The molecule has 0 aromatic heterocycles. The van der Waals surface area contributed by atoms with E-state index in [0.29, 0.717) is 12.1 Å². The molecule has 1 atom stereocenters. The molecule has 0 aliphatic rings. The highest BCUT2D eigenvalue weighted by molar-refractivity contribution is 5.97. The summed E-state index contributed by atoms with van der Waals surface area (Å²) in [5.41, 5.74) is 7.28. The number of Topliss-reactive ketones (excluding diaryl/α,β-unsaturated/α-hetero) is 1. The van der Waals surface area contributed by atoms with E-state index in [1.54, 1.807) is 0 Å². The van der Waals surface area contributed by atoms with Crippen molar-refractivity contribution in [2.45, 2.75) is 39.2 Å². The van der Waals surface area contributed by atoms with Crippen molar-refractivity contribution < 1.29 is 9.59 Å². The van der Waals surface area contributed by atoms with Gasteiger partial charge in [-0.3, -0.25) is 9.59 Å². The molecular weight excluding hydrogens is 240 g/mol. The van der Waals surface area contributed by atoms with Crippen LogP contribution in [-0.2, 0) is 11.2 Å². The van der Waals surface area contributed by atoms with Crippen LogP contribution in [0.5, 0.6) is 0 Å². The molecule has 0 bridgehead atoms. The maximum Gasteiger partial charge on any atom is 0.220 e. The molecule has 0 radical (unpaired) electrons. The molecule has 0 saturated carbocycles. The average Bonchev–Trinajstić information content (AvgIpc) is 2.44. The molecule has 0 spiro atoms. The highest BCUT2D eigenvalue weighted by Gasteiger charge is 2.10. The quantitative estimate of drug-likeness (QED) is 0.734. The Hall–Kier alpha value is -1.68. The minimum absolute atomic E-state index is 0.00166. The molecule has 0 saturated heterocycles. The first-order chi connectivity index (χ1) is 9.06. The van der Waals surface area contributed by atoms with Gasteiger partial charge < -0.3 is 11.1 Å². The van der Waals surface area contributed by atoms with Crippen LogP contribution in [0.1, 0.15) is 42.6 Å². The minimum atomic E-state index is -0.128. The topological polar surface area (TPSA) is 72.2 Å². The Balaban J connectivity index is 2.44. The van der Waals surface area contributed by atoms with Crippen LogP contribution in [-0.4, -0.2) is 24.3 Å². The fourth-order valence-corrected chi connectivity index (χ4v) is 1.70. The van der Waals surface area contributed by atoms with E-state index in [4.69, 9.17) is 5.73 Å². The fourth-order valence-electron chi connectivity index (χ4n) is 1.70. The summed E-state index contributed by atoms with van der Waals surface area (Å²) in [5.74, 6) is -0.130. The van der Waals surface area contributed by atoms with Gasteiger partial charge in [-0.2, -0.15) is 0 Å². The van der Waals surface area contributed by atoms with Crippen LogP contribution in [0.3, 0.4) is 0 Å². The van der Waals surface area contributed by atoms with E-state index in [1.807, 2.05) is 31.2 Å². The van der Waals surface area contributed by atoms with Gasteiger partial charge >= 0.3 is 0 Å². The Kier molecular flexibility index (Phi) is 6.22. The predicted octanol–water partition coefficient (Wildman–Crippen LogP) is 1.68. The molecular formula is C15H22N2O2. The minimum Gasteiger partial charge on any atom is -0.352 e. The van der Waals surface area contributed by atoms with Gasteiger partial charge in [0.15, 0.2) is 5.78 Å². The first-order valence-electron chi connectivity index (χ1n) is 6.68. The van der Waals surface area contributed by atoms with Crippen molar-refractivity contribution in [1.82, 2.24) is 5.32 Å². The molecule has 1 rings (SSSR count). The average molecular weight is 262 g/mol. The lowest BCUT2D eigenvalue weighted by Crippen LogP contribution is -2.37. The third-order valence-electron chi connectivity index (χ3n) is 3.02. The molecule has 104 valence electrons. The highest BCUT2D eigenvalue weighted by atomic mass is 16.2. The molecule has 4 heteroatoms. The standard InChI is InChI=1S/C15H22N2O2/c1-3-12-4-6-13(7-5-12)14(18)8-9-15(19)17-11(2)10-16/h4-7,11H,3,8-10,16H2,1-2H3,(H,17,19)/t11-/m0/s1. The van der Waals surface area contributed by atoms with E-state index in [0.717, 1.165) is 6.42 Å². The van der Waals surface area contributed by atoms with Gasteiger partial charge in [0.25, 0.3) is 0 Å². The molecule has 3 N–H and O–H groups in total. The van der Waals surface area contributed by atoms with Crippen LogP contribution in [0, 0.1) is 0 Å². The third kappa shape index (κ3) is 5.22. The largest absolute Gasteiger partial charge is 0.352 e. The van der Waals surface area contributed by atoms with Gasteiger partial charge in [-0.25, -0.2) is 0 Å². The Labute approximate surface area is 114 Å². The third-order valence-corrected chi connectivity index (χ3v) is 3.02. The summed E-state index contributed by atoms with van der Waals surface area (Å²) in [7, 11) is 0. The zero-order valence-corrected chi connectivity index (χ0v) is 11.6. The Morgan fingerprint density at radius 3 is 2.37 bits per heavy atom. The van der Waals surface area contributed by atoms with Crippen molar-refractivity contribution >= 4 is 11.7 Å². The van der Waals surface area contributed by atoms with Crippen molar-refractivity contribution in [3.63, 3.8) is 0 Å². The lowest BCUT2D eigenvalue weighted by Gasteiger charge is -2.10. The number of carbonyl (C=O) groups is 2. The molecule has 1 amide bonds. The van der Waals surface area contributed by atoms with Gasteiger partial charge in [0.2, 0.25) is 5.91 Å². The maximum absolute atomic E-state index is 11.9. The first-order valence-corrected chi connectivity index (χ1v) is 6.68. The van der Waals surface area contributed by atoms with Crippen molar-refractivity contribution in [2.75, 3.05) is 6.54 Å². The number of hydrogen-bond donors (Lipinski definition) is 2. The second-order valence-electron chi connectivity index (χ2n) is 4.68. The van der Waals surface area contributed by atoms with Crippen LogP contribution >= 0.6 is 0 Å². The van der Waals surface area contributed by atoms with Crippen molar-refractivity contribution in [3.05, 3.63) is 35.4 Å². The number of benzene rings is 1. The molecule has 0 heterocycles. The number of rotatable bonds is 7. The number of ketones is 1. The normalized spacial score (nSPS) is 11.9. The summed E-state index contributed by atoms with van der Waals surface area (Å²) in [4.78, 5) is 23.4. The van der Waals surface area contributed by atoms with Crippen LogP contribution in [0.15, 0.2) is 24.3 Å². The number of hydrogen-bond acceptors (Lipinski definition) is 3. The zero-order valence-electron chi connectivity index (χ0n) is 11.6. The highest BCUT2D eigenvalue weighted by Crippen LogP contribution is 2.08. The van der Waals surface area contributed by atoms with Gasteiger partial charge in [-0.05, 0) is 18.9 Å².